The number of hydrogen-bond donors (Lipinski definition) is 1. The molecule has 0 saturated heterocycles. The Morgan fingerprint density at radius 1 is 1.12 bits per heavy atom. The van der Waals surface area contributed by atoms with Crippen LogP contribution in [0.25, 0.3) is 11.4 Å². The Hall–Kier alpha value is -1.97. The zero-order valence-corrected chi connectivity index (χ0v) is 8.80. The van der Waals surface area contributed by atoms with Crippen molar-refractivity contribution in [1.29, 1.82) is 0 Å². The molecule has 1 aliphatic rings. The summed E-state index contributed by atoms with van der Waals surface area (Å²) in [7, 11) is 0. The first-order valence-corrected chi connectivity index (χ1v) is 5.38. The Balaban J connectivity index is 2.06. The van der Waals surface area contributed by atoms with Gasteiger partial charge >= 0.3 is 0 Å². The molecule has 0 radical (unpaired) electrons. The zero-order valence-electron chi connectivity index (χ0n) is 8.80. The van der Waals surface area contributed by atoms with E-state index in [9.17, 15) is 0 Å². The summed E-state index contributed by atoms with van der Waals surface area (Å²) in [5, 5.41) is 0. The third-order valence-corrected chi connectivity index (χ3v) is 2.70. The molecule has 1 saturated carbocycles. The SMILES string of the molecule is Nc1cc(C2CC2)nc(-c2ccncc2)n1. The van der Waals surface area contributed by atoms with Crippen LogP contribution >= 0.6 is 0 Å². The molecule has 0 unspecified atom stereocenters. The maximum Gasteiger partial charge on any atom is 0.161 e. The highest BCUT2D eigenvalue weighted by Gasteiger charge is 2.26. The van der Waals surface area contributed by atoms with E-state index in [1.807, 2.05) is 18.2 Å². The molecule has 2 N–H and O–H groups in total. The van der Waals surface area contributed by atoms with Crippen molar-refractivity contribution in [3.05, 3.63) is 36.3 Å². The Morgan fingerprint density at radius 3 is 2.56 bits per heavy atom. The van der Waals surface area contributed by atoms with Gasteiger partial charge in [-0.25, -0.2) is 9.97 Å². The average Bonchev–Trinajstić information content (AvgIpc) is 3.13. The van der Waals surface area contributed by atoms with Crippen molar-refractivity contribution in [1.82, 2.24) is 15.0 Å². The van der Waals surface area contributed by atoms with Gasteiger partial charge in [0.2, 0.25) is 0 Å². The summed E-state index contributed by atoms with van der Waals surface area (Å²) in [5.41, 5.74) is 7.83. The molecular formula is C12H12N4. The lowest BCUT2D eigenvalue weighted by Crippen LogP contribution is -1.99. The number of nitrogen functional groups attached to an aromatic ring is 1. The predicted octanol–water partition coefficient (Wildman–Crippen LogP) is 2.00. The van der Waals surface area contributed by atoms with E-state index in [1.165, 1.54) is 12.8 Å². The van der Waals surface area contributed by atoms with Crippen LogP contribution in [0.5, 0.6) is 0 Å². The molecule has 80 valence electrons. The fourth-order valence-corrected chi connectivity index (χ4v) is 1.70. The van der Waals surface area contributed by atoms with Gasteiger partial charge in [0.05, 0.1) is 0 Å². The number of aromatic nitrogens is 3. The van der Waals surface area contributed by atoms with E-state index < -0.39 is 0 Å². The van der Waals surface area contributed by atoms with E-state index >= 15 is 0 Å². The molecule has 16 heavy (non-hydrogen) atoms. The smallest absolute Gasteiger partial charge is 0.161 e. The normalized spacial score (nSPS) is 15.0. The van der Waals surface area contributed by atoms with E-state index in [-0.39, 0.29) is 0 Å². The molecule has 0 atom stereocenters. The van der Waals surface area contributed by atoms with Crippen LogP contribution in [0.2, 0.25) is 0 Å². The van der Waals surface area contributed by atoms with Gasteiger partial charge in [-0.05, 0) is 25.0 Å². The second-order valence-electron chi connectivity index (χ2n) is 4.05. The van der Waals surface area contributed by atoms with E-state index in [4.69, 9.17) is 5.73 Å². The van der Waals surface area contributed by atoms with Gasteiger partial charge in [-0.2, -0.15) is 0 Å². The summed E-state index contributed by atoms with van der Waals surface area (Å²) in [5.74, 6) is 1.83. The molecule has 3 rings (SSSR count). The molecule has 0 aromatic carbocycles. The largest absolute Gasteiger partial charge is 0.384 e. The fourth-order valence-electron chi connectivity index (χ4n) is 1.70. The lowest BCUT2D eigenvalue weighted by molar-refractivity contribution is 0.998. The Labute approximate surface area is 93.6 Å². The molecule has 1 fully saturated rings. The van der Waals surface area contributed by atoms with Crippen LogP contribution in [0, 0.1) is 0 Å². The number of hydrogen-bond acceptors (Lipinski definition) is 4. The second-order valence-corrected chi connectivity index (χ2v) is 4.05. The average molecular weight is 212 g/mol. The fraction of sp³-hybridized carbons (Fsp3) is 0.250. The van der Waals surface area contributed by atoms with Crippen molar-refractivity contribution in [2.45, 2.75) is 18.8 Å². The number of anilines is 1. The first-order valence-electron chi connectivity index (χ1n) is 5.38. The third kappa shape index (κ3) is 1.74. The monoisotopic (exact) mass is 212 g/mol. The minimum Gasteiger partial charge on any atom is -0.384 e. The highest BCUT2D eigenvalue weighted by molar-refractivity contribution is 5.56. The van der Waals surface area contributed by atoms with E-state index in [0.717, 1.165) is 11.3 Å². The Kier molecular flexibility index (Phi) is 2.06. The van der Waals surface area contributed by atoms with Crippen LogP contribution in [-0.2, 0) is 0 Å². The van der Waals surface area contributed by atoms with Gasteiger partial charge in [-0.1, -0.05) is 0 Å². The van der Waals surface area contributed by atoms with Crippen LogP contribution < -0.4 is 5.73 Å². The van der Waals surface area contributed by atoms with Gasteiger partial charge in [0.1, 0.15) is 5.82 Å². The van der Waals surface area contributed by atoms with Gasteiger partial charge in [0.15, 0.2) is 5.82 Å². The molecule has 0 spiro atoms. The minimum absolute atomic E-state index is 0.545. The standard InChI is InChI=1S/C12H12N4/c13-11-7-10(8-1-2-8)15-12(16-11)9-3-5-14-6-4-9/h3-8H,1-2H2,(H2,13,15,16). The highest BCUT2D eigenvalue weighted by Crippen LogP contribution is 2.39. The molecule has 2 aromatic heterocycles. The lowest BCUT2D eigenvalue weighted by atomic mass is 10.2. The van der Waals surface area contributed by atoms with Crippen LogP contribution in [0.1, 0.15) is 24.5 Å². The van der Waals surface area contributed by atoms with Crippen LogP contribution in [0.4, 0.5) is 5.82 Å². The first kappa shape index (κ1) is 9.27. The summed E-state index contributed by atoms with van der Waals surface area (Å²) in [4.78, 5) is 12.8. The van der Waals surface area contributed by atoms with Crippen LogP contribution in [0.15, 0.2) is 30.6 Å². The quantitative estimate of drug-likeness (QED) is 0.826. The Bertz CT molecular complexity index is 506. The molecule has 0 aliphatic heterocycles. The second kappa shape index (κ2) is 3.56. The lowest BCUT2D eigenvalue weighted by Gasteiger charge is -2.04. The Morgan fingerprint density at radius 2 is 1.88 bits per heavy atom. The first-order chi connectivity index (χ1) is 7.83. The van der Waals surface area contributed by atoms with Crippen LogP contribution in [0.3, 0.4) is 0 Å². The molecular weight excluding hydrogens is 200 g/mol. The summed E-state index contributed by atoms with van der Waals surface area (Å²) in [6.45, 7) is 0. The summed E-state index contributed by atoms with van der Waals surface area (Å²) >= 11 is 0. The molecule has 2 aromatic rings. The molecule has 4 nitrogen and oxygen atoms in total. The highest BCUT2D eigenvalue weighted by atomic mass is 15.0. The predicted molar refractivity (Wildman–Crippen MR) is 61.7 cm³/mol. The summed E-state index contributed by atoms with van der Waals surface area (Å²) in [6.07, 6.45) is 5.90. The topological polar surface area (TPSA) is 64.7 Å². The molecule has 1 aliphatic carbocycles. The van der Waals surface area contributed by atoms with Gasteiger partial charge in [-0.15, -0.1) is 0 Å². The van der Waals surface area contributed by atoms with Crippen molar-refractivity contribution in [3.8, 4) is 11.4 Å². The zero-order chi connectivity index (χ0) is 11.0. The van der Waals surface area contributed by atoms with Gasteiger partial charge < -0.3 is 5.73 Å². The molecule has 2 heterocycles. The van der Waals surface area contributed by atoms with E-state index in [2.05, 4.69) is 15.0 Å². The number of rotatable bonds is 2. The maximum absolute atomic E-state index is 5.80. The van der Waals surface area contributed by atoms with Crippen molar-refractivity contribution in [3.63, 3.8) is 0 Å². The van der Waals surface area contributed by atoms with Crippen molar-refractivity contribution in [2.75, 3.05) is 5.73 Å². The van der Waals surface area contributed by atoms with Crippen LogP contribution in [-0.4, -0.2) is 15.0 Å². The molecule has 4 heteroatoms. The van der Waals surface area contributed by atoms with Crippen molar-refractivity contribution >= 4 is 5.82 Å². The summed E-state index contributed by atoms with van der Waals surface area (Å²) < 4.78 is 0. The van der Waals surface area contributed by atoms with E-state index in [1.54, 1.807) is 12.4 Å². The molecule has 0 amide bonds. The molecule has 0 bridgehead atoms. The number of pyridine rings is 1. The number of nitrogens with two attached hydrogens (primary N) is 1. The van der Waals surface area contributed by atoms with Gasteiger partial charge in [0.25, 0.3) is 0 Å². The van der Waals surface area contributed by atoms with Crippen molar-refractivity contribution < 1.29 is 0 Å². The van der Waals surface area contributed by atoms with Gasteiger partial charge in [-0.3, -0.25) is 4.98 Å². The van der Waals surface area contributed by atoms with E-state index in [0.29, 0.717) is 17.6 Å². The third-order valence-electron chi connectivity index (χ3n) is 2.70. The summed E-state index contributed by atoms with van der Waals surface area (Å²) in [6, 6.07) is 5.67. The maximum atomic E-state index is 5.80. The van der Waals surface area contributed by atoms with Crippen molar-refractivity contribution in [2.24, 2.45) is 0 Å². The number of nitrogens with zero attached hydrogens (tertiary/aromatic N) is 3. The van der Waals surface area contributed by atoms with Gasteiger partial charge in [0, 0.05) is 35.6 Å². The minimum atomic E-state index is 0.545.